The van der Waals surface area contributed by atoms with Gasteiger partial charge in [-0.1, -0.05) is 19.3 Å². The Hall–Kier alpha value is -1.44. The number of nitrogens with two attached hydrogens (primary N) is 1. The zero-order valence-corrected chi connectivity index (χ0v) is 13.0. The van der Waals surface area contributed by atoms with Gasteiger partial charge in [0.05, 0.1) is 17.5 Å². The Morgan fingerprint density at radius 2 is 2.10 bits per heavy atom. The van der Waals surface area contributed by atoms with E-state index >= 15 is 0 Å². The maximum Gasteiger partial charge on any atom is 0.240 e. The van der Waals surface area contributed by atoms with Crippen LogP contribution in [0.15, 0.2) is 6.07 Å². The number of hydrogen-bond acceptors (Lipinski definition) is 7. The van der Waals surface area contributed by atoms with Gasteiger partial charge >= 0.3 is 0 Å². The van der Waals surface area contributed by atoms with Crippen molar-refractivity contribution in [3.8, 4) is 0 Å². The van der Waals surface area contributed by atoms with Crippen molar-refractivity contribution >= 4 is 33.3 Å². The minimum Gasteiger partial charge on any atom is -0.394 e. The van der Waals surface area contributed by atoms with Crippen LogP contribution in [0.25, 0.3) is 10.2 Å². The van der Waals surface area contributed by atoms with Crippen molar-refractivity contribution in [3.63, 3.8) is 0 Å². The smallest absolute Gasteiger partial charge is 0.240 e. The maximum absolute atomic E-state index is 9.86. The van der Waals surface area contributed by atoms with Crippen LogP contribution in [0.1, 0.15) is 37.0 Å². The lowest BCUT2D eigenvalue weighted by Gasteiger charge is -2.37. The Morgan fingerprint density at radius 1 is 1.33 bits per heavy atom. The van der Waals surface area contributed by atoms with Crippen LogP contribution in [0.2, 0.25) is 0 Å². The second kappa shape index (κ2) is 5.75. The average Bonchev–Trinajstić information content (AvgIpc) is 2.88. The van der Waals surface area contributed by atoms with Crippen LogP contribution in [-0.4, -0.2) is 27.2 Å². The van der Waals surface area contributed by atoms with Crippen molar-refractivity contribution in [2.45, 2.75) is 44.6 Å². The summed E-state index contributed by atoms with van der Waals surface area (Å²) >= 11 is 1.62. The van der Waals surface area contributed by atoms with Crippen molar-refractivity contribution in [1.82, 2.24) is 9.97 Å². The highest BCUT2D eigenvalue weighted by atomic mass is 32.1. The van der Waals surface area contributed by atoms with Crippen LogP contribution in [0.3, 0.4) is 0 Å². The first kappa shape index (κ1) is 14.5. The van der Waals surface area contributed by atoms with Crippen LogP contribution in [0.4, 0.5) is 11.8 Å². The van der Waals surface area contributed by atoms with Gasteiger partial charge in [0, 0.05) is 4.88 Å². The largest absolute Gasteiger partial charge is 0.394 e. The second-order valence-electron chi connectivity index (χ2n) is 5.74. The Bertz CT molecular complexity index is 636. The van der Waals surface area contributed by atoms with Crippen molar-refractivity contribution < 1.29 is 5.11 Å². The molecular weight excluding hydrogens is 286 g/mol. The standard InChI is InChI=1S/C14H21N5OS/c1-9-7-10-11(16-13(19-15)17-12(10)21-9)18-14(8-20)5-3-2-4-6-14/h7,20H,2-6,8,15H2,1H3,(H2,16,17,18,19). The summed E-state index contributed by atoms with van der Waals surface area (Å²) in [5.41, 5.74) is 2.24. The average molecular weight is 307 g/mol. The molecule has 2 heterocycles. The van der Waals surface area contributed by atoms with Crippen LogP contribution in [0, 0.1) is 6.92 Å². The second-order valence-corrected chi connectivity index (χ2v) is 6.97. The summed E-state index contributed by atoms with van der Waals surface area (Å²) in [5.74, 6) is 6.62. The first-order chi connectivity index (χ1) is 10.2. The molecule has 2 aromatic heterocycles. The fraction of sp³-hybridized carbons (Fsp3) is 0.571. The van der Waals surface area contributed by atoms with Gasteiger partial charge < -0.3 is 10.4 Å². The van der Waals surface area contributed by atoms with E-state index in [4.69, 9.17) is 5.84 Å². The van der Waals surface area contributed by atoms with E-state index < -0.39 is 0 Å². The summed E-state index contributed by atoms with van der Waals surface area (Å²) in [6.45, 7) is 2.17. The van der Waals surface area contributed by atoms with Crippen LogP contribution >= 0.6 is 11.3 Å². The molecule has 1 aliphatic carbocycles. The number of aliphatic hydroxyl groups is 1. The number of aromatic nitrogens is 2. The van der Waals surface area contributed by atoms with Crippen molar-refractivity contribution in [2.24, 2.45) is 5.84 Å². The molecule has 1 fully saturated rings. The van der Waals surface area contributed by atoms with Gasteiger partial charge in [0.2, 0.25) is 5.95 Å². The molecule has 2 aromatic rings. The molecular formula is C14H21N5OS. The molecule has 21 heavy (non-hydrogen) atoms. The number of rotatable bonds is 4. The van der Waals surface area contributed by atoms with Gasteiger partial charge in [0.1, 0.15) is 10.6 Å². The van der Waals surface area contributed by atoms with E-state index in [9.17, 15) is 5.11 Å². The van der Waals surface area contributed by atoms with Crippen molar-refractivity contribution in [3.05, 3.63) is 10.9 Å². The Kier molecular flexibility index (Phi) is 3.97. The minimum atomic E-state index is -0.277. The van der Waals surface area contributed by atoms with Crippen molar-refractivity contribution in [1.29, 1.82) is 0 Å². The van der Waals surface area contributed by atoms with E-state index in [2.05, 4.69) is 26.8 Å². The molecule has 0 saturated heterocycles. The SMILES string of the molecule is Cc1cc2c(NC3(CO)CCCCC3)nc(NN)nc2s1. The van der Waals surface area contributed by atoms with Crippen LogP contribution in [-0.2, 0) is 0 Å². The minimum absolute atomic E-state index is 0.118. The van der Waals surface area contributed by atoms with Crippen molar-refractivity contribution in [2.75, 3.05) is 17.3 Å². The number of anilines is 2. The van der Waals surface area contributed by atoms with E-state index in [1.54, 1.807) is 11.3 Å². The zero-order valence-electron chi connectivity index (χ0n) is 12.1. The normalized spacial score (nSPS) is 17.9. The molecule has 5 N–H and O–H groups in total. The Balaban J connectivity index is 2.01. The maximum atomic E-state index is 9.86. The number of hydrazine groups is 1. The number of nitrogens with zero attached hydrogens (tertiary/aromatic N) is 2. The highest BCUT2D eigenvalue weighted by Crippen LogP contribution is 2.35. The monoisotopic (exact) mass is 307 g/mol. The predicted molar refractivity (Wildman–Crippen MR) is 86.5 cm³/mol. The fourth-order valence-electron chi connectivity index (χ4n) is 3.00. The lowest BCUT2D eigenvalue weighted by atomic mass is 9.82. The van der Waals surface area contributed by atoms with E-state index in [1.165, 1.54) is 11.3 Å². The summed E-state index contributed by atoms with van der Waals surface area (Å²) in [7, 11) is 0. The molecule has 0 bridgehead atoms. The Labute approximate surface area is 127 Å². The fourth-order valence-corrected chi connectivity index (χ4v) is 3.88. The lowest BCUT2D eigenvalue weighted by molar-refractivity contribution is 0.172. The van der Waals surface area contributed by atoms with Gasteiger partial charge in [-0.2, -0.15) is 4.98 Å². The van der Waals surface area contributed by atoms with E-state index in [1.807, 2.05) is 6.92 Å². The van der Waals surface area contributed by atoms with Gasteiger partial charge in [0.25, 0.3) is 0 Å². The lowest BCUT2D eigenvalue weighted by Crippen LogP contribution is -2.44. The summed E-state index contributed by atoms with van der Waals surface area (Å²) in [6, 6.07) is 2.08. The molecule has 0 spiro atoms. The number of aryl methyl sites for hydroxylation is 1. The summed E-state index contributed by atoms with van der Waals surface area (Å²) in [6.07, 6.45) is 5.42. The quantitative estimate of drug-likeness (QED) is 0.512. The first-order valence-electron chi connectivity index (χ1n) is 7.30. The van der Waals surface area contributed by atoms with E-state index in [-0.39, 0.29) is 12.1 Å². The molecule has 0 aliphatic heterocycles. The van der Waals surface area contributed by atoms with Crippen LogP contribution in [0.5, 0.6) is 0 Å². The molecule has 114 valence electrons. The molecule has 3 rings (SSSR count). The van der Waals surface area contributed by atoms with Gasteiger partial charge in [-0.05, 0) is 25.8 Å². The van der Waals surface area contributed by atoms with E-state index in [0.29, 0.717) is 5.95 Å². The zero-order chi connectivity index (χ0) is 14.9. The molecule has 1 aliphatic rings. The third-order valence-electron chi connectivity index (χ3n) is 4.14. The van der Waals surface area contributed by atoms with Crippen LogP contribution < -0.4 is 16.6 Å². The predicted octanol–water partition coefficient (Wildman–Crippen LogP) is 2.39. The van der Waals surface area contributed by atoms with E-state index in [0.717, 1.165) is 41.7 Å². The number of nitrogen functional groups attached to an aromatic ring is 1. The molecule has 7 heteroatoms. The molecule has 0 unspecified atom stereocenters. The summed E-state index contributed by atoms with van der Waals surface area (Å²) < 4.78 is 0. The topological polar surface area (TPSA) is 96.1 Å². The third kappa shape index (κ3) is 2.81. The molecule has 0 amide bonds. The van der Waals surface area contributed by atoms with Gasteiger partial charge in [0.15, 0.2) is 0 Å². The number of nitrogens with one attached hydrogen (secondary N) is 2. The number of fused-ring (bicyclic) bond motifs is 1. The molecule has 0 atom stereocenters. The Morgan fingerprint density at radius 3 is 2.76 bits per heavy atom. The highest BCUT2D eigenvalue weighted by Gasteiger charge is 2.32. The number of aliphatic hydroxyl groups excluding tert-OH is 1. The van der Waals surface area contributed by atoms with Gasteiger partial charge in [-0.3, -0.25) is 5.43 Å². The number of thiophene rings is 1. The highest BCUT2D eigenvalue weighted by molar-refractivity contribution is 7.18. The summed E-state index contributed by atoms with van der Waals surface area (Å²) in [5, 5.41) is 14.3. The van der Waals surface area contributed by atoms with Gasteiger partial charge in [-0.15, -0.1) is 11.3 Å². The molecule has 1 saturated carbocycles. The third-order valence-corrected chi connectivity index (χ3v) is 5.09. The first-order valence-corrected chi connectivity index (χ1v) is 8.11. The molecule has 6 nitrogen and oxygen atoms in total. The van der Waals surface area contributed by atoms with Gasteiger partial charge in [-0.25, -0.2) is 10.8 Å². The molecule has 0 aromatic carbocycles. The summed E-state index contributed by atoms with van der Waals surface area (Å²) in [4.78, 5) is 10.9. The number of hydrogen-bond donors (Lipinski definition) is 4. The molecule has 0 radical (unpaired) electrons.